The molecule has 10 heteroatoms. The Hall–Kier alpha value is -2.78. The van der Waals surface area contributed by atoms with Gasteiger partial charge in [-0.15, -0.1) is 0 Å². The second-order valence-corrected chi connectivity index (χ2v) is 4.58. The van der Waals surface area contributed by atoms with Gasteiger partial charge in [-0.25, -0.2) is 4.79 Å². The number of Topliss-reactive ketones (excluding diaryl/α,β-unsaturated/α-hetero) is 1. The number of hydrogen-bond donors (Lipinski definition) is 1. The molecule has 112 valence electrons. The number of carbonyl (C=O) groups is 2. The summed E-state index contributed by atoms with van der Waals surface area (Å²) in [6.45, 7) is 0.0976. The Labute approximate surface area is 117 Å². The number of nitrogens with one attached hydrogen (secondary N) is 1. The minimum Gasteiger partial charge on any atom is -0.340 e. The molecule has 0 unspecified atom stereocenters. The predicted molar refractivity (Wildman–Crippen MR) is 68.8 cm³/mol. The molecule has 2 rings (SSSR count). The number of aromatic amines is 1. The fourth-order valence-electron chi connectivity index (χ4n) is 2.00. The number of carbonyl (C=O) groups excluding carboxylic acids is 2. The Morgan fingerprint density at radius 3 is 2.48 bits per heavy atom. The number of amides is 1. The average Bonchev–Trinajstić information content (AvgIpc) is 2.42. The van der Waals surface area contributed by atoms with Crippen LogP contribution in [0, 0.1) is 10.1 Å². The van der Waals surface area contributed by atoms with E-state index in [-0.39, 0.29) is 31.7 Å². The Morgan fingerprint density at radius 2 is 1.90 bits per heavy atom. The molecule has 0 saturated carbocycles. The molecule has 0 aromatic carbocycles. The molecular weight excluding hydrogens is 284 g/mol. The number of ketones is 1. The number of piperidine rings is 1. The molecule has 0 spiro atoms. The lowest BCUT2D eigenvalue weighted by atomic mass is 10.1. The van der Waals surface area contributed by atoms with Gasteiger partial charge in [-0.1, -0.05) is 0 Å². The minimum absolute atomic E-state index is 0.0656. The summed E-state index contributed by atoms with van der Waals surface area (Å²) < 4.78 is 0.776. The van der Waals surface area contributed by atoms with Gasteiger partial charge in [0.1, 0.15) is 12.3 Å². The molecule has 0 bridgehead atoms. The summed E-state index contributed by atoms with van der Waals surface area (Å²) in [5, 5.41) is 10.6. The summed E-state index contributed by atoms with van der Waals surface area (Å²) in [7, 11) is 0. The molecule has 0 atom stereocenters. The molecule has 1 saturated heterocycles. The highest BCUT2D eigenvalue weighted by Crippen LogP contribution is 2.07. The number of aromatic nitrogens is 2. The third kappa shape index (κ3) is 3.22. The lowest BCUT2D eigenvalue weighted by Crippen LogP contribution is -2.42. The molecule has 1 aromatic rings. The average molecular weight is 296 g/mol. The van der Waals surface area contributed by atoms with E-state index in [0.29, 0.717) is 0 Å². The van der Waals surface area contributed by atoms with E-state index in [9.17, 15) is 29.3 Å². The van der Waals surface area contributed by atoms with Crippen LogP contribution in [0.15, 0.2) is 15.8 Å². The van der Waals surface area contributed by atoms with Crippen LogP contribution < -0.4 is 11.2 Å². The van der Waals surface area contributed by atoms with Gasteiger partial charge >= 0.3 is 16.9 Å². The number of hydrogen-bond acceptors (Lipinski definition) is 6. The van der Waals surface area contributed by atoms with E-state index in [0.717, 1.165) is 10.8 Å². The molecule has 10 nitrogen and oxygen atoms in total. The first-order valence-electron chi connectivity index (χ1n) is 6.16. The van der Waals surface area contributed by atoms with Crippen molar-refractivity contribution in [1.29, 1.82) is 0 Å². The maximum atomic E-state index is 12.0. The van der Waals surface area contributed by atoms with E-state index in [1.54, 1.807) is 4.98 Å². The summed E-state index contributed by atoms with van der Waals surface area (Å²) in [4.78, 5) is 58.7. The Bertz CT molecular complexity index is 708. The fraction of sp³-hybridized carbons (Fsp3) is 0.455. The van der Waals surface area contributed by atoms with Gasteiger partial charge in [-0.2, -0.15) is 0 Å². The van der Waals surface area contributed by atoms with Crippen molar-refractivity contribution in [2.75, 3.05) is 13.1 Å². The number of nitro groups is 1. The summed E-state index contributed by atoms with van der Waals surface area (Å²) in [5.74, 6) is -0.373. The zero-order valence-corrected chi connectivity index (χ0v) is 10.9. The van der Waals surface area contributed by atoms with Crippen LogP contribution in [-0.2, 0) is 16.1 Å². The van der Waals surface area contributed by atoms with Gasteiger partial charge in [0, 0.05) is 25.9 Å². The van der Waals surface area contributed by atoms with Crippen LogP contribution in [0.5, 0.6) is 0 Å². The van der Waals surface area contributed by atoms with E-state index >= 15 is 0 Å². The smallest absolute Gasteiger partial charge is 0.340 e. The molecule has 0 aliphatic carbocycles. The monoisotopic (exact) mass is 296 g/mol. The maximum absolute atomic E-state index is 12.0. The molecule has 1 aliphatic heterocycles. The number of rotatable bonds is 3. The van der Waals surface area contributed by atoms with Crippen LogP contribution in [-0.4, -0.2) is 44.2 Å². The number of nitrogens with zero attached hydrogens (tertiary/aromatic N) is 3. The van der Waals surface area contributed by atoms with Crippen molar-refractivity contribution in [3.8, 4) is 0 Å². The molecule has 2 heterocycles. The SMILES string of the molecule is O=C1CCN(C(=O)Cn2cc([N+](=O)[O-])c(=O)[nH]c2=O)CC1. The number of H-pyrrole nitrogens is 1. The van der Waals surface area contributed by atoms with Gasteiger partial charge < -0.3 is 4.90 Å². The van der Waals surface area contributed by atoms with Crippen molar-refractivity contribution in [1.82, 2.24) is 14.5 Å². The molecule has 1 fully saturated rings. The van der Waals surface area contributed by atoms with E-state index in [1.165, 1.54) is 4.90 Å². The second-order valence-electron chi connectivity index (χ2n) is 4.58. The molecule has 1 aromatic heterocycles. The summed E-state index contributed by atoms with van der Waals surface area (Å²) in [6.07, 6.45) is 1.26. The van der Waals surface area contributed by atoms with Gasteiger partial charge in [0.2, 0.25) is 5.91 Å². The molecular formula is C11H12N4O6. The highest BCUT2D eigenvalue weighted by Gasteiger charge is 2.22. The van der Waals surface area contributed by atoms with Crippen LogP contribution in [0.3, 0.4) is 0 Å². The van der Waals surface area contributed by atoms with Crippen LogP contribution in [0.1, 0.15) is 12.8 Å². The van der Waals surface area contributed by atoms with Gasteiger partial charge in [0.05, 0.1) is 11.1 Å². The fourth-order valence-corrected chi connectivity index (χ4v) is 2.00. The van der Waals surface area contributed by atoms with E-state index in [2.05, 4.69) is 0 Å². The summed E-state index contributed by atoms with van der Waals surface area (Å²) in [5.41, 5.74) is -2.82. The first-order chi connectivity index (χ1) is 9.88. The highest BCUT2D eigenvalue weighted by atomic mass is 16.6. The summed E-state index contributed by atoms with van der Waals surface area (Å²) in [6, 6.07) is 0. The van der Waals surface area contributed by atoms with Crippen molar-refractivity contribution >= 4 is 17.4 Å². The highest BCUT2D eigenvalue weighted by molar-refractivity contribution is 5.83. The predicted octanol–water partition coefficient (Wildman–Crippen LogP) is -1.36. The molecule has 21 heavy (non-hydrogen) atoms. The Kier molecular flexibility index (Phi) is 3.96. The molecule has 1 N–H and O–H groups in total. The largest absolute Gasteiger partial charge is 0.350 e. The zero-order valence-electron chi connectivity index (χ0n) is 10.9. The zero-order chi connectivity index (χ0) is 15.6. The van der Waals surface area contributed by atoms with Crippen LogP contribution in [0.4, 0.5) is 5.69 Å². The first-order valence-corrected chi connectivity index (χ1v) is 6.16. The third-order valence-corrected chi connectivity index (χ3v) is 3.17. The van der Waals surface area contributed by atoms with Crippen molar-refractivity contribution in [3.05, 3.63) is 37.1 Å². The van der Waals surface area contributed by atoms with Crippen molar-refractivity contribution in [3.63, 3.8) is 0 Å². The molecule has 1 aliphatic rings. The van der Waals surface area contributed by atoms with E-state index in [4.69, 9.17) is 0 Å². The topological polar surface area (TPSA) is 135 Å². The molecule has 0 radical (unpaired) electrons. The minimum atomic E-state index is -1.11. The lowest BCUT2D eigenvalue weighted by Gasteiger charge is -2.26. The van der Waals surface area contributed by atoms with Gasteiger partial charge in [-0.05, 0) is 0 Å². The van der Waals surface area contributed by atoms with Crippen LogP contribution in [0.2, 0.25) is 0 Å². The second kappa shape index (κ2) is 5.69. The van der Waals surface area contributed by atoms with Crippen LogP contribution in [0.25, 0.3) is 0 Å². The summed E-state index contributed by atoms with van der Waals surface area (Å²) >= 11 is 0. The number of likely N-dealkylation sites (tertiary alicyclic amines) is 1. The van der Waals surface area contributed by atoms with Crippen molar-refractivity contribution < 1.29 is 14.5 Å². The quantitative estimate of drug-likeness (QED) is 0.540. The Morgan fingerprint density at radius 1 is 1.29 bits per heavy atom. The van der Waals surface area contributed by atoms with Gasteiger partial charge in [-0.3, -0.25) is 34.0 Å². The van der Waals surface area contributed by atoms with Crippen LogP contribution >= 0.6 is 0 Å². The standard InChI is InChI=1S/C11H12N4O6/c16-7-1-3-13(4-2-7)9(17)6-14-5-8(15(20)21)10(18)12-11(14)19/h5H,1-4,6H2,(H,12,18,19). The lowest BCUT2D eigenvalue weighted by molar-refractivity contribution is -0.386. The van der Waals surface area contributed by atoms with E-state index < -0.39 is 34.3 Å². The van der Waals surface area contributed by atoms with Gasteiger partial charge in [0.15, 0.2) is 0 Å². The maximum Gasteiger partial charge on any atom is 0.350 e. The van der Waals surface area contributed by atoms with Gasteiger partial charge in [0.25, 0.3) is 0 Å². The van der Waals surface area contributed by atoms with E-state index in [1.807, 2.05) is 0 Å². The third-order valence-electron chi connectivity index (χ3n) is 3.17. The Balaban J connectivity index is 2.19. The van der Waals surface area contributed by atoms with Crippen molar-refractivity contribution in [2.24, 2.45) is 0 Å². The van der Waals surface area contributed by atoms with Crippen molar-refractivity contribution in [2.45, 2.75) is 19.4 Å². The first kappa shape index (κ1) is 14.6. The normalized spacial score (nSPS) is 15.0. The molecule has 1 amide bonds.